The lowest BCUT2D eigenvalue weighted by Crippen LogP contribution is -2.27. The molecule has 0 aliphatic rings. The number of carbonyl (C=O) groups is 1. The van der Waals surface area contributed by atoms with Crippen molar-refractivity contribution in [2.45, 2.75) is 11.8 Å². The van der Waals surface area contributed by atoms with Gasteiger partial charge in [-0.1, -0.05) is 17.7 Å². The van der Waals surface area contributed by atoms with Crippen molar-refractivity contribution in [3.8, 4) is 0 Å². The van der Waals surface area contributed by atoms with Gasteiger partial charge < -0.3 is 4.74 Å². The highest BCUT2D eigenvalue weighted by atomic mass is 32.2. The summed E-state index contributed by atoms with van der Waals surface area (Å²) in [4.78, 5) is 10.9. The Bertz CT molecular complexity index is 739. The molecule has 0 aliphatic carbocycles. The molecule has 1 heterocycles. The number of esters is 1. The van der Waals surface area contributed by atoms with Crippen molar-refractivity contribution < 1.29 is 27.1 Å². The molecule has 0 unspecified atom stereocenters. The quantitative estimate of drug-likeness (QED) is 0.514. The molecule has 1 N–H and O–H groups in total. The maximum atomic E-state index is 10.9. The van der Waals surface area contributed by atoms with E-state index in [9.17, 15) is 13.2 Å². The van der Waals surface area contributed by atoms with Crippen molar-refractivity contribution in [3.63, 3.8) is 0 Å². The van der Waals surface area contributed by atoms with Crippen LogP contribution in [0.1, 0.15) is 15.9 Å². The number of aromatic nitrogens is 1. The molecule has 0 saturated carbocycles. The van der Waals surface area contributed by atoms with Gasteiger partial charge in [-0.25, -0.2) is 9.36 Å². The number of hydrogen-bond acceptors (Lipinski definition) is 4. The molecule has 0 spiro atoms. The summed E-state index contributed by atoms with van der Waals surface area (Å²) >= 11 is 0. The standard InChI is InChI=1S/C8H10NO2.C7H8O3S/c1-9-5-3-4-7(6-9)8(10)11-2;1-6-2-4-7(5-3-6)11(8,9)10/h3-6H,1-2H3;2-5H,1H3,(H,8,9,10)/q+1;. The predicted octanol–water partition coefficient (Wildman–Crippen LogP) is 1.54. The van der Waals surface area contributed by atoms with Crippen LogP contribution in [0.4, 0.5) is 0 Å². The lowest BCUT2D eigenvalue weighted by atomic mass is 10.2. The van der Waals surface area contributed by atoms with Gasteiger partial charge in [0, 0.05) is 6.07 Å². The fourth-order valence-corrected chi connectivity index (χ4v) is 2.02. The van der Waals surface area contributed by atoms with Crippen LogP contribution in [0.15, 0.2) is 53.7 Å². The maximum Gasteiger partial charge on any atom is 0.343 e. The summed E-state index contributed by atoms with van der Waals surface area (Å²) in [6, 6.07) is 9.50. The molecule has 0 fully saturated rings. The Morgan fingerprint density at radius 2 is 1.77 bits per heavy atom. The second-order valence-electron chi connectivity index (χ2n) is 4.54. The Morgan fingerprint density at radius 1 is 1.18 bits per heavy atom. The third kappa shape index (κ3) is 5.63. The first-order valence-corrected chi connectivity index (χ1v) is 7.76. The first-order valence-electron chi connectivity index (χ1n) is 6.32. The zero-order valence-electron chi connectivity index (χ0n) is 12.6. The van der Waals surface area contributed by atoms with Crippen molar-refractivity contribution in [3.05, 3.63) is 59.9 Å². The number of pyridine rings is 1. The Balaban J connectivity index is 0.000000220. The molecule has 0 radical (unpaired) electrons. The molecule has 2 rings (SSSR count). The Morgan fingerprint density at radius 3 is 2.23 bits per heavy atom. The van der Waals surface area contributed by atoms with Crippen molar-refractivity contribution >= 4 is 16.1 Å². The lowest BCUT2D eigenvalue weighted by molar-refractivity contribution is -0.671. The van der Waals surface area contributed by atoms with Gasteiger partial charge in [0.15, 0.2) is 12.4 Å². The summed E-state index contributed by atoms with van der Waals surface area (Å²) in [5.41, 5.74) is 1.52. The SMILES string of the molecule is COC(=O)c1ccc[n+](C)c1.Cc1ccc(S(=O)(=O)O)cc1. The van der Waals surface area contributed by atoms with Crippen LogP contribution in [0.25, 0.3) is 0 Å². The van der Waals surface area contributed by atoms with E-state index in [-0.39, 0.29) is 10.9 Å². The lowest BCUT2D eigenvalue weighted by Gasteiger charge is -1.95. The molecule has 6 nitrogen and oxygen atoms in total. The van der Waals surface area contributed by atoms with Crippen LogP contribution in [0.5, 0.6) is 0 Å². The van der Waals surface area contributed by atoms with E-state index in [4.69, 9.17) is 4.55 Å². The molecule has 0 atom stereocenters. The van der Waals surface area contributed by atoms with Gasteiger partial charge >= 0.3 is 5.97 Å². The third-order valence-corrected chi connectivity index (χ3v) is 3.55. The number of aryl methyl sites for hydroxylation is 2. The van der Waals surface area contributed by atoms with Gasteiger partial charge in [0.1, 0.15) is 12.6 Å². The minimum Gasteiger partial charge on any atom is -0.465 e. The van der Waals surface area contributed by atoms with Gasteiger partial charge in [-0.15, -0.1) is 0 Å². The molecule has 1 aromatic heterocycles. The first-order chi connectivity index (χ1) is 10.2. The van der Waals surface area contributed by atoms with Crippen molar-refractivity contribution in [2.75, 3.05) is 7.11 Å². The zero-order chi connectivity index (χ0) is 16.8. The molecule has 2 aromatic rings. The Kier molecular flexibility index (Phi) is 6.21. The maximum absolute atomic E-state index is 10.9. The summed E-state index contributed by atoms with van der Waals surface area (Å²) in [5, 5.41) is 0. The minimum atomic E-state index is -4.02. The molecule has 0 saturated heterocycles. The van der Waals surface area contributed by atoms with Crippen LogP contribution >= 0.6 is 0 Å². The van der Waals surface area contributed by atoms with Crippen LogP contribution in [0, 0.1) is 6.92 Å². The molecule has 0 aliphatic heterocycles. The smallest absolute Gasteiger partial charge is 0.343 e. The number of benzene rings is 1. The molecule has 1 aromatic carbocycles. The van der Waals surface area contributed by atoms with E-state index in [1.165, 1.54) is 19.2 Å². The van der Waals surface area contributed by atoms with Gasteiger partial charge in [-0.3, -0.25) is 4.55 Å². The van der Waals surface area contributed by atoms with Crippen LogP contribution in [0.3, 0.4) is 0 Å². The van der Waals surface area contributed by atoms with Crippen molar-refractivity contribution in [1.29, 1.82) is 0 Å². The normalized spacial score (nSPS) is 10.4. The minimum absolute atomic E-state index is 0.0666. The van der Waals surface area contributed by atoms with E-state index in [0.29, 0.717) is 5.56 Å². The highest BCUT2D eigenvalue weighted by Crippen LogP contribution is 2.08. The van der Waals surface area contributed by atoms with Crippen molar-refractivity contribution in [1.82, 2.24) is 0 Å². The van der Waals surface area contributed by atoms with Crippen LogP contribution < -0.4 is 4.57 Å². The summed E-state index contributed by atoms with van der Waals surface area (Å²) in [6.07, 6.45) is 3.57. The predicted molar refractivity (Wildman–Crippen MR) is 80.0 cm³/mol. The number of ether oxygens (including phenoxy) is 1. The van der Waals surface area contributed by atoms with Gasteiger partial charge in [0.25, 0.3) is 10.1 Å². The van der Waals surface area contributed by atoms with Crippen LogP contribution in [-0.2, 0) is 21.9 Å². The number of nitrogens with zero attached hydrogens (tertiary/aromatic N) is 1. The fourth-order valence-electron chi connectivity index (χ4n) is 1.54. The van der Waals surface area contributed by atoms with Crippen LogP contribution in [-0.4, -0.2) is 26.0 Å². The zero-order valence-corrected chi connectivity index (χ0v) is 13.4. The molecular formula is C15H18NO5S+. The van der Waals surface area contributed by atoms with Gasteiger partial charge in [-0.2, -0.15) is 8.42 Å². The third-order valence-electron chi connectivity index (χ3n) is 2.68. The molecular weight excluding hydrogens is 306 g/mol. The van der Waals surface area contributed by atoms with E-state index in [1.807, 2.05) is 20.2 Å². The van der Waals surface area contributed by atoms with E-state index < -0.39 is 10.1 Å². The number of methoxy groups -OCH3 is 1. The first kappa shape index (κ1) is 17.8. The summed E-state index contributed by atoms with van der Waals surface area (Å²) in [5.74, 6) is -0.304. The summed E-state index contributed by atoms with van der Waals surface area (Å²) in [6.45, 7) is 1.84. The molecule has 22 heavy (non-hydrogen) atoms. The molecule has 7 heteroatoms. The molecule has 118 valence electrons. The second-order valence-corrected chi connectivity index (χ2v) is 5.96. The average molecular weight is 324 g/mol. The van der Waals surface area contributed by atoms with E-state index in [2.05, 4.69) is 4.74 Å². The highest BCUT2D eigenvalue weighted by molar-refractivity contribution is 7.85. The second kappa shape index (κ2) is 7.67. The van der Waals surface area contributed by atoms with E-state index in [1.54, 1.807) is 35.0 Å². The number of hydrogen-bond donors (Lipinski definition) is 1. The fraction of sp³-hybridized carbons (Fsp3) is 0.200. The monoisotopic (exact) mass is 324 g/mol. The summed E-state index contributed by atoms with van der Waals surface area (Å²) in [7, 11) is -0.796. The number of rotatable bonds is 2. The van der Waals surface area contributed by atoms with Gasteiger partial charge in [0.2, 0.25) is 0 Å². The van der Waals surface area contributed by atoms with Crippen LogP contribution in [0.2, 0.25) is 0 Å². The number of carbonyl (C=O) groups excluding carboxylic acids is 1. The Labute approximate surface area is 129 Å². The van der Waals surface area contributed by atoms with E-state index in [0.717, 1.165) is 5.56 Å². The van der Waals surface area contributed by atoms with Gasteiger partial charge in [0.05, 0.1) is 12.0 Å². The largest absolute Gasteiger partial charge is 0.465 e. The molecule has 0 bridgehead atoms. The Hall–Kier alpha value is -2.25. The van der Waals surface area contributed by atoms with Gasteiger partial charge in [-0.05, 0) is 25.1 Å². The summed E-state index contributed by atoms with van der Waals surface area (Å²) < 4.78 is 35.9. The van der Waals surface area contributed by atoms with Crippen molar-refractivity contribution in [2.24, 2.45) is 7.05 Å². The topological polar surface area (TPSA) is 84.5 Å². The molecule has 0 amide bonds. The highest BCUT2D eigenvalue weighted by Gasteiger charge is 2.07. The average Bonchev–Trinajstić information content (AvgIpc) is 2.46. The van der Waals surface area contributed by atoms with E-state index >= 15 is 0 Å².